The van der Waals surface area contributed by atoms with Gasteiger partial charge in [-0.15, -0.1) is 5.92 Å². The zero-order valence-corrected chi connectivity index (χ0v) is 13.8. The molecule has 0 bridgehead atoms. The molecular weight excluding hydrogens is 240 g/mol. The lowest BCUT2D eigenvalue weighted by molar-refractivity contribution is 0.277. The highest BCUT2D eigenvalue weighted by molar-refractivity contribution is 6.74. The fraction of sp³-hybridized carbons (Fsp3) is 0.867. The molecule has 0 saturated carbocycles. The van der Waals surface area contributed by atoms with Crippen LogP contribution < -0.4 is 0 Å². The van der Waals surface area contributed by atoms with Crippen LogP contribution in [0.5, 0.6) is 0 Å². The average molecular weight is 270 g/mol. The number of aliphatic hydroxyl groups excluding tert-OH is 1. The van der Waals surface area contributed by atoms with E-state index in [-0.39, 0.29) is 6.61 Å². The standard InChI is InChI=1S/C15H30O2Si/c1-15(2,3)18(4,5)17-14-12-10-8-6-7-9-11-13-16/h16H,6-8,10,12-14H2,1-5H3. The van der Waals surface area contributed by atoms with Crippen molar-refractivity contribution in [2.75, 3.05) is 13.2 Å². The molecule has 1 N–H and O–H groups in total. The summed E-state index contributed by atoms with van der Waals surface area (Å²) in [4.78, 5) is 0. The Bertz CT molecular complexity index is 268. The van der Waals surface area contributed by atoms with Gasteiger partial charge in [0, 0.05) is 13.0 Å². The molecule has 106 valence electrons. The summed E-state index contributed by atoms with van der Waals surface area (Å²) in [5.41, 5.74) is 0. The van der Waals surface area contributed by atoms with Crippen LogP contribution in [0.1, 0.15) is 52.9 Å². The van der Waals surface area contributed by atoms with Gasteiger partial charge in [0.2, 0.25) is 0 Å². The molecule has 0 atom stereocenters. The van der Waals surface area contributed by atoms with Crippen molar-refractivity contribution in [1.82, 2.24) is 0 Å². The Labute approximate surface area is 114 Å². The van der Waals surface area contributed by atoms with Gasteiger partial charge < -0.3 is 9.53 Å². The molecule has 0 aliphatic heterocycles. The molecule has 18 heavy (non-hydrogen) atoms. The minimum Gasteiger partial charge on any atom is -0.417 e. The third-order valence-corrected chi connectivity index (χ3v) is 8.21. The number of aliphatic hydroxyl groups is 1. The quantitative estimate of drug-likeness (QED) is 0.431. The van der Waals surface area contributed by atoms with E-state index < -0.39 is 8.32 Å². The van der Waals surface area contributed by atoms with Gasteiger partial charge >= 0.3 is 0 Å². The van der Waals surface area contributed by atoms with Crippen molar-refractivity contribution < 1.29 is 9.53 Å². The van der Waals surface area contributed by atoms with Crippen LogP contribution in [-0.2, 0) is 4.43 Å². The summed E-state index contributed by atoms with van der Waals surface area (Å²) in [6.07, 6.45) is 5.62. The van der Waals surface area contributed by atoms with Gasteiger partial charge in [0.1, 0.15) is 6.61 Å². The van der Waals surface area contributed by atoms with E-state index in [1.54, 1.807) is 0 Å². The first-order valence-corrected chi connectivity index (χ1v) is 9.92. The van der Waals surface area contributed by atoms with Crippen LogP contribution in [0.4, 0.5) is 0 Å². The lowest BCUT2D eigenvalue weighted by Crippen LogP contribution is -2.40. The molecule has 0 rings (SSSR count). The molecule has 0 unspecified atom stereocenters. The third-order valence-electron chi connectivity index (χ3n) is 3.67. The van der Waals surface area contributed by atoms with Crippen LogP contribution >= 0.6 is 0 Å². The van der Waals surface area contributed by atoms with Crippen molar-refractivity contribution in [2.45, 2.75) is 71.0 Å². The molecular formula is C15H30O2Si. The Kier molecular flexibility index (Phi) is 8.59. The second-order valence-corrected chi connectivity index (χ2v) is 11.1. The maximum absolute atomic E-state index is 8.49. The second kappa shape index (κ2) is 8.74. The van der Waals surface area contributed by atoms with Crippen molar-refractivity contribution >= 4 is 8.32 Å². The molecule has 0 saturated heterocycles. The van der Waals surface area contributed by atoms with Crippen molar-refractivity contribution in [3.8, 4) is 11.8 Å². The first-order valence-electron chi connectivity index (χ1n) is 7.02. The Morgan fingerprint density at radius 1 is 1.00 bits per heavy atom. The Morgan fingerprint density at radius 3 is 2.17 bits per heavy atom. The minimum atomic E-state index is -1.54. The lowest BCUT2D eigenvalue weighted by atomic mass is 10.1. The second-order valence-electron chi connectivity index (χ2n) is 6.28. The van der Waals surface area contributed by atoms with E-state index in [9.17, 15) is 0 Å². The summed E-state index contributed by atoms with van der Waals surface area (Å²) < 4.78 is 6.12. The molecule has 0 aromatic carbocycles. The lowest BCUT2D eigenvalue weighted by Gasteiger charge is -2.36. The Balaban J connectivity index is 3.52. The van der Waals surface area contributed by atoms with Crippen LogP contribution in [0.2, 0.25) is 18.1 Å². The average Bonchev–Trinajstić information content (AvgIpc) is 2.25. The maximum Gasteiger partial charge on any atom is 0.191 e. The summed E-state index contributed by atoms with van der Waals surface area (Å²) in [7, 11) is -1.54. The molecule has 0 spiro atoms. The predicted octanol–water partition coefficient (Wildman–Crippen LogP) is 3.95. The van der Waals surface area contributed by atoms with Crippen molar-refractivity contribution in [3.05, 3.63) is 0 Å². The van der Waals surface area contributed by atoms with Crippen molar-refractivity contribution in [2.24, 2.45) is 0 Å². The number of unbranched alkanes of at least 4 members (excludes halogenated alkanes) is 4. The molecule has 0 heterocycles. The summed E-state index contributed by atoms with van der Waals surface area (Å²) >= 11 is 0. The SMILES string of the molecule is CC(C)(C)[Si](C)(C)OCCCCCCC#CCO. The zero-order chi connectivity index (χ0) is 14.1. The Morgan fingerprint density at radius 2 is 1.61 bits per heavy atom. The van der Waals surface area contributed by atoms with Crippen LogP contribution in [-0.4, -0.2) is 26.6 Å². The molecule has 0 fully saturated rings. The van der Waals surface area contributed by atoms with Gasteiger partial charge in [0.05, 0.1) is 0 Å². The van der Waals surface area contributed by atoms with E-state index in [0.29, 0.717) is 5.04 Å². The highest BCUT2D eigenvalue weighted by Gasteiger charge is 2.36. The first-order chi connectivity index (χ1) is 8.31. The van der Waals surface area contributed by atoms with E-state index in [0.717, 1.165) is 25.9 Å². The minimum absolute atomic E-state index is 0.0135. The molecule has 0 radical (unpaired) electrons. The molecule has 2 nitrogen and oxygen atoms in total. The van der Waals surface area contributed by atoms with Gasteiger partial charge in [-0.3, -0.25) is 0 Å². The molecule has 0 aliphatic rings. The fourth-order valence-corrected chi connectivity index (χ4v) is 2.44. The van der Waals surface area contributed by atoms with Crippen LogP contribution in [0.15, 0.2) is 0 Å². The van der Waals surface area contributed by atoms with Gasteiger partial charge in [-0.05, 0) is 31.0 Å². The van der Waals surface area contributed by atoms with Gasteiger partial charge in [0.25, 0.3) is 0 Å². The highest BCUT2D eigenvalue weighted by Crippen LogP contribution is 2.36. The Hall–Kier alpha value is -0.303. The van der Waals surface area contributed by atoms with Crippen LogP contribution in [0.3, 0.4) is 0 Å². The summed E-state index contributed by atoms with van der Waals surface area (Å²) in [5, 5.41) is 8.81. The van der Waals surface area contributed by atoms with Gasteiger partial charge in [0.15, 0.2) is 8.32 Å². The third kappa shape index (κ3) is 7.92. The smallest absolute Gasteiger partial charge is 0.191 e. The van der Waals surface area contributed by atoms with Crippen LogP contribution in [0, 0.1) is 11.8 Å². The summed E-state index contributed by atoms with van der Waals surface area (Å²) in [5.74, 6) is 5.62. The largest absolute Gasteiger partial charge is 0.417 e. The van der Waals surface area contributed by atoms with Gasteiger partial charge in [-0.1, -0.05) is 39.5 Å². The van der Waals surface area contributed by atoms with Gasteiger partial charge in [-0.25, -0.2) is 0 Å². The van der Waals surface area contributed by atoms with E-state index in [1.807, 2.05) is 0 Å². The summed E-state index contributed by atoms with van der Waals surface area (Å²) in [6, 6.07) is 0. The first kappa shape index (κ1) is 17.7. The normalized spacial score (nSPS) is 12.1. The van der Waals surface area contributed by atoms with Gasteiger partial charge in [-0.2, -0.15) is 0 Å². The predicted molar refractivity (Wildman–Crippen MR) is 81.1 cm³/mol. The van der Waals surface area contributed by atoms with Crippen LogP contribution in [0.25, 0.3) is 0 Å². The van der Waals surface area contributed by atoms with E-state index >= 15 is 0 Å². The van der Waals surface area contributed by atoms with E-state index in [1.165, 1.54) is 12.8 Å². The molecule has 0 aliphatic carbocycles. The summed E-state index contributed by atoms with van der Waals surface area (Å²) in [6.45, 7) is 12.3. The van der Waals surface area contributed by atoms with E-state index in [4.69, 9.17) is 9.53 Å². The number of hydrogen-bond acceptors (Lipinski definition) is 2. The number of rotatable bonds is 7. The number of hydrogen-bond donors (Lipinski definition) is 1. The topological polar surface area (TPSA) is 29.5 Å². The van der Waals surface area contributed by atoms with E-state index in [2.05, 4.69) is 45.7 Å². The van der Waals surface area contributed by atoms with Crippen molar-refractivity contribution in [3.63, 3.8) is 0 Å². The zero-order valence-electron chi connectivity index (χ0n) is 12.8. The van der Waals surface area contributed by atoms with Crippen molar-refractivity contribution in [1.29, 1.82) is 0 Å². The highest BCUT2D eigenvalue weighted by atomic mass is 28.4. The molecule has 0 aromatic rings. The monoisotopic (exact) mass is 270 g/mol. The molecule has 0 aromatic heterocycles. The molecule has 3 heteroatoms. The fourth-order valence-electron chi connectivity index (χ4n) is 1.36. The molecule has 0 amide bonds. The maximum atomic E-state index is 8.49.